The van der Waals surface area contributed by atoms with Gasteiger partial charge in [0.05, 0.1) is 18.2 Å². The summed E-state index contributed by atoms with van der Waals surface area (Å²) in [6.07, 6.45) is 1.84. The first-order valence-electron chi connectivity index (χ1n) is 7.57. The largest absolute Gasteiger partial charge is 0.490 e. The van der Waals surface area contributed by atoms with Gasteiger partial charge in [-0.25, -0.2) is 0 Å². The molecule has 3 aromatic rings. The fourth-order valence-corrected chi connectivity index (χ4v) is 2.64. The first kappa shape index (κ1) is 16.4. The Kier molecular flexibility index (Phi) is 4.80. The molecule has 24 heavy (non-hydrogen) atoms. The van der Waals surface area contributed by atoms with E-state index in [1.165, 1.54) is 0 Å². The van der Waals surface area contributed by atoms with Crippen molar-refractivity contribution >= 4 is 27.5 Å². The third kappa shape index (κ3) is 3.56. The van der Waals surface area contributed by atoms with Gasteiger partial charge >= 0.3 is 0 Å². The molecule has 1 aromatic carbocycles. The average Bonchev–Trinajstić information content (AvgIpc) is 2.95. The van der Waals surface area contributed by atoms with Crippen LogP contribution in [0.1, 0.15) is 30.0 Å². The van der Waals surface area contributed by atoms with Crippen LogP contribution >= 0.6 is 15.9 Å². The van der Waals surface area contributed by atoms with Crippen molar-refractivity contribution in [2.24, 2.45) is 0 Å². The van der Waals surface area contributed by atoms with E-state index in [4.69, 9.17) is 4.74 Å². The molecule has 0 atom stereocenters. The highest BCUT2D eigenvalue weighted by Crippen LogP contribution is 2.25. The molecule has 7 heteroatoms. The van der Waals surface area contributed by atoms with Gasteiger partial charge in [0.15, 0.2) is 11.5 Å². The van der Waals surface area contributed by atoms with E-state index in [9.17, 15) is 4.79 Å². The molecule has 0 aliphatic rings. The minimum absolute atomic E-state index is 0.0220. The molecular formula is C17H17BrN4O2. The quantitative estimate of drug-likeness (QED) is 0.728. The molecule has 3 rings (SSSR count). The lowest BCUT2D eigenvalue weighted by atomic mass is 10.2. The van der Waals surface area contributed by atoms with Gasteiger partial charge in [0.2, 0.25) is 0 Å². The van der Waals surface area contributed by atoms with Crippen molar-refractivity contribution < 1.29 is 9.53 Å². The summed E-state index contributed by atoms with van der Waals surface area (Å²) in [5, 5.41) is 11.0. The van der Waals surface area contributed by atoms with Crippen molar-refractivity contribution in [1.82, 2.24) is 19.9 Å². The highest BCUT2D eigenvalue weighted by Gasteiger charge is 2.15. The number of ether oxygens (including phenoxy) is 1. The Morgan fingerprint density at radius 1 is 1.29 bits per heavy atom. The van der Waals surface area contributed by atoms with Gasteiger partial charge in [0.25, 0.3) is 5.91 Å². The second-order valence-electron chi connectivity index (χ2n) is 5.53. The molecule has 0 saturated heterocycles. The number of carbonyl (C=O) groups excluding carboxylic acids is 1. The van der Waals surface area contributed by atoms with E-state index in [1.54, 1.807) is 12.1 Å². The van der Waals surface area contributed by atoms with E-state index in [2.05, 4.69) is 31.4 Å². The summed E-state index contributed by atoms with van der Waals surface area (Å²) in [6, 6.07) is 11.0. The lowest BCUT2D eigenvalue weighted by Crippen LogP contribution is -2.25. The summed E-state index contributed by atoms with van der Waals surface area (Å²) in [7, 11) is 0. The van der Waals surface area contributed by atoms with E-state index in [0.29, 0.717) is 17.1 Å². The number of hydrogen-bond donors (Lipinski definition) is 1. The third-order valence-corrected chi connectivity index (χ3v) is 3.84. The predicted molar refractivity (Wildman–Crippen MR) is 94.1 cm³/mol. The first-order chi connectivity index (χ1) is 11.5. The Morgan fingerprint density at radius 2 is 2.12 bits per heavy atom. The van der Waals surface area contributed by atoms with Gasteiger partial charge in [-0.3, -0.25) is 9.20 Å². The van der Waals surface area contributed by atoms with E-state index in [0.717, 1.165) is 10.1 Å². The van der Waals surface area contributed by atoms with Crippen LogP contribution in [0, 0.1) is 0 Å². The van der Waals surface area contributed by atoms with E-state index in [1.807, 2.05) is 48.7 Å². The molecule has 0 spiro atoms. The molecule has 0 aliphatic carbocycles. The summed E-state index contributed by atoms with van der Waals surface area (Å²) in [5.41, 5.74) is 1.23. The fraction of sp³-hybridized carbons (Fsp3) is 0.235. The molecule has 6 nitrogen and oxygen atoms in total. The molecule has 2 aromatic heterocycles. The van der Waals surface area contributed by atoms with Crippen LogP contribution in [-0.4, -0.2) is 26.6 Å². The zero-order valence-corrected chi connectivity index (χ0v) is 14.9. The van der Waals surface area contributed by atoms with Gasteiger partial charge in [-0.15, -0.1) is 10.2 Å². The third-order valence-electron chi connectivity index (χ3n) is 3.34. The Balaban J connectivity index is 1.78. The Hall–Kier alpha value is -2.41. The normalized spacial score (nSPS) is 11.0. The standard InChI is InChI=1S/C17H17BrN4O2/c1-11(2)24-14-9-12(18)6-7-13(14)17(23)19-10-16-21-20-15-5-3-4-8-22(15)16/h3-9,11H,10H2,1-2H3,(H,19,23). The molecule has 2 heterocycles. The maximum Gasteiger partial charge on any atom is 0.255 e. The van der Waals surface area contributed by atoms with Crippen molar-refractivity contribution in [3.63, 3.8) is 0 Å². The maximum atomic E-state index is 12.5. The predicted octanol–water partition coefficient (Wildman–Crippen LogP) is 3.21. The van der Waals surface area contributed by atoms with Gasteiger partial charge in [-0.05, 0) is 44.2 Å². The highest BCUT2D eigenvalue weighted by molar-refractivity contribution is 9.10. The molecule has 0 bridgehead atoms. The number of amides is 1. The summed E-state index contributed by atoms with van der Waals surface area (Å²) < 4.78 is 8.43. The van der Waals surface area contributed by atoms with E-state index >= 15 is 0 Å². The molecule has 0 radical (unpaired) electrons. The fourth-order valence-electron chi connectivity index (χ4n) is 2.30. The second-order valence-corrected chi connectivity index (χ2v) is 6.45. The summed E-state index contributed by atoms with van der Waals surface area (Å²) in [5.74, 6) is 0.996. The van der Waals surface area contributed by atoms with Gasteiger partial charge in [-0.1, -0.05) is 22.0 Å². The number of pyridine rings is 1. The van der Waals surface area contributed by atoms with Crippen LogP contribution in [0.25, 0.3) is 5.65 Å². The zero-order valence-electron chi connectivity index (χ0n) is 13.4. The number of benzene rings is 1. The van der Waals surface area contributed by atoms with Gasteiger partial charge in [-0.2, -0.15) is 0 Å². The molecule has 1 N–H and O–H groups in total. The molecular weight excluding hydrogens is 372 g/mol. The van der Waals surface area contributed by atoms with Crippen molar-refractivity contribution in [2.75, 3.05) is 0 Å². The van der Waals surface area contributed by atoms with Crippen LogP contribution in [0.4, 0.5) is 0 Å². The number of halogens is 1. The molecule has 124 valence electrons. The summed E-state index contributed by atoms with van der Waals surface area (Å²) in [4.78, 5) is 12.5. The number of carbonyl (C=O) groups is 1. The van der Waals surface area contributed by atoms with Crippen molar-refractivity contribution in [2.45, 2.75) is 26.5 Å². The van der Waals surface area contributed by atoms with Gasteiger partial charge < -0.3 is 10.1 Å². The smallest absolute Gasteiger partial charge is 0.255 e. The van der Waals surface area contributed by atoms with Gasteiger partial charge in [0, 0.05) is 10.7 Å². The number of hydrogen-bond acceptors (Lipinski definition) is 4. The molecule has 0 aliphatic heterocycles. The van der Waals surface area contributed by atoms with Crippen LogP contribution in [0.3, 0.4) is 0 Å². The topological polar surface area (TPSA) is 68.5 Å². The first-order valence-corrected chi connectivity index (χ1v) is 8.37. The van der Waals surface area contributed by atoms with Crippen molar-refractivity contribution in [3.05, 3.63) is 58.5 Å². The van der Waals surface area contributed by atoms with Crippen molar-refractivity contribution in [3.8, 4) is 5.75 Å². The van der Waals surface area contributed by atoms with Crippen LogP contribution in [0.2, 0.25) is 0 Å². The zero-order chi connectivity index (χ0) is 17.1. The number of rotatable bonds is 5. The monoisotopic (exact) mass is 388 g/mol. The molecule has 0 fully saturated rings. The average molecular weight is 389 g/mol. The van der Waals surface area contributed by atoms with Crippen LogP contribution in [-0.2, 0) is 6.54 Å². The number of nitrogens with zero attached hydrogens (tertiary/aromatic N) is 3. The van der Waals surface area contributed by atoms with Crippen LogP contribution in [0.15, 0.2) is 47.1 Å². The Labute approximate surface area is 148 Å². The maximum absolute atomic E-state index is 12.5. The summed E-state index contributed by atoms with van der Waals surface area (Å²) in [6.45, 7) is 4.12. The van der Waals surface area contributed by atoms with Crippen molar-refractivity contribution in [1.29, 1.82) is 0 Å². The van der Waals surface area contributed by atoms with Crippen LogP contribution < -0.4 is 10.1 Å². The summed E-state index contributed by atoms with van der Waals surface area (Å²) >= 11 is 3.40. The Bertz CT molecular complexity index is 876. The highest BCUT2D eigenvalue weighted by atomic mass is 79.9. The SMILES string of the molecule is CC(C)Oc1cc(Br)ccc1C(=O)NCc1nnc2ccccn12. The lowest BCUT2D eigenvalue weighted by Gasteiger charge is -2.14. The molecule has 0 unspecified atom stereocenters. The molecule has 0 saturated carbocycles. The second kappa shape index (κ2) is 7.00. The number of aromatic nitrogens is 3. The molecule has 1 amide bonds. The van der Waals surface area contributed by atoms with Gasteiger partial charge in [0.1, 0.15) is 5.75 Å². The number of fused-ring (bicyclic) bond motifs is 1. The Morgan fingerprint density at radius 3 is 2.92 bits per heavy atom. The van der Waals surface area contributed by atoms with E-state index in [-0.39, 0.29) is 18.6 Å². The van der Waals surface area contributed by atoms with E-state index < -0.39 is 0 Å². The lowest BCUT2D eigenvalue weighted by molar-refractivity contribution is 0.0944. The van der Waals surface area contributed by atoms with Crippen LogP contribution in [0.5, 0.6) is 5.75 Å². The minimum atomic E-state index is -0.217. The minimum Gasteiger partial charge on any atom is -0.490 e. The number of nitrogens with one attached hydrogen (secondary N) is 1.